The molecule has 0 saturated carbocycles. The molecule has 0 aromatic heterocycles. The van der Waals surface area contributed by atoms with Gasteiger partial charge in [-0.3, -0.25) is 14.4 Å². The van der Waals surface area contributed by atoms with Crippen LogP contribution in [0.4, 0.5) is 92.2 Å². The molecule has 0 amide bonds. The smallest absolute Gasteiger partial charge is 0.460 e. The third-order valence-electron chi connectivity index (χ3n) is 6.29. The molecule has 0 unspecified atom stereocenters. The number of aliphatic hydroxyl groups is 3. The van der Waals surface area contributed by atoms with Gasteiger partial charge in [-0.2, -0.15) is 92.2 Å². The van der Waals surface area contributed by atoms with Gasteiger partial charge in [0, 0.05) is 75.8 Å². The topological polar surface area (TPSA) is 112 Å². The molecule has 1 radical (unpaired) electrons. The fraction of sp³-hybridized carbons (Fsp3) is 0.700. The number of aliphatic hydroxyl groups excluding tert-OH is 3. The van der Waals surface area contributed by atoms with Crippen molar-refractivity contribution in [1.29, 1.82) is 0 Å². The molecule has 58 heavy (non-hydrogen) atoms. The Bertz CT molecular complexity index is 1350. The van der Waals surface area contributed by atoms with Crippen molar-refractivity contribution in [3.63, 3.8) is 0 Å². The molecule has 0 atom stereocenters. The maximum absolute atomic E-state index is 12.9. The van der Waals surface area contributed by atoms with E-state index in [2.05, 4.69) is 0 Å². The second kappa shape index (κ2) is 19.1. The minimum atomic E-state index is -6.59. The van der Waals surface area contributed by atoms with E-state index in [1.807, 2.05) is 0 Å². The first-order valence-electron chi connectivity index (χ1n) is 14.5. The van der Waals surface area contributed by atoms with Crippen molar-refractivity contribution in [3.05, 3.63) is 35.5 Å². The van der Waals surface area contributed by atoms with Crippen LogP contribution in [-0.4, -0.2) is 86.7 Å². The third kappa shape index (κ3) is 14.9. The van der Waals surface area contributed by atoms with Crippen LogP contribution in [0.15, 0.2) is 35.5 Å². The Kier molecular flexibility index (Phi) is 20.4. The number of allylic oxidation sites excluding steroid dienone is 6. The van der Waals surface area contributed by atoms with Gasteiger partial charge in [-0.15, -0.1) is 0 Å². The van der Waals surface area contributed by atoms with E-state index in [9.17, 15) is 107 Å². The van der Waals surface area contributed by atoms with Gasteiger partial charge in [-0.1, -0.05) is 62.3 Å². The van der Waals surface area contributed by atoms with E-state index in [0.717, 1.165) is 0 Å². The minimum absolute atomic E-state index is 0. The Morgan fingerprint density at radius 3 is 0.534 bits per heavy atom. The van der Waals surface area contributed by atoms with Crippen LogP contribution in [-0.2, 0) is 14.4 Å². The number of carbonyl (C=O) groups excluding carboxylic acids is 3. The van der Waals surface area contributed by atoms with E-state index >= 15 is 0 Å². The Morgan fingerprint density at radius 1 is 0.328 bits per heavy atom. The number of hydrogen-bond donors (Lipinski definition) is 3. The van der Waals surface area contributed by atoms with Crippen LogP contribution >= 0.6 is 0 Å². The maximum Gasteiger partial charge on any atom is 0.460 e. The number of ketones is 3. The maximum atomic E-state index is 12.9. The summed E-state index contributed by atoms with van der Waals surface area (Å²) < 4.78 is 258. The SMILES string of the molecule is CC(C)(C)/C(O)=C/C(=O)C(F)(F)C(F)(F)C(F)(F)F.CC(C)(C)/C(O)=C/C(=O)C(F)(F)C(F)(F)C(F)(F)F.CC(C)(C)/C(O)=C/C(=O)C(F)(F)C(F)(F)C(F)(F)F.[Pr]. The number of halogens is 21. The van der Waals surface area contributed by atoms with Crippen molar-refractivity contribution in [2.75, 3.05) is 0 Å². The zero-order valence-corrected chi connectivity index (χ0v) is 34.5. The van der Waals surface area contributed by atoms with Crippen LogP contribution in [0.5, 0.6) is 0 Å². The molecule has 0 rings (SSSR count). The summed E-state index contributed by atoms with van der Waals surface area (Å²) in [5, 5.41) is 27.5. The minimum Gasteiger partial charge on any atom is -0.512 e. The molecule has 0 aromatic rings. The predicted octanol–water partition coefficient (Wildman–Crippen LogP) is 11.6. The van der Waals surface area contributed by atoms with Gasteiger partial charge in [0.1, 0.15) is 17.3 Å². The second-order valence-corrected chi connectivity index (χ2v) is 14.4. The average molecular weight is 1030 g/mol. The molecule has 0 spiro atoms. The van der Waals surface area contributed by atoms with Gasteiger partial charge in [-0.05, 0) is 0 Å². The molecule has 0 heterocycles. The molecule has 0 saturated heterocycles. The van der Waals surface area contributed by atoms with Crippen molar-refractivity contribution < 1.29 is 163 Å². The van der Waals surface area contributed by atoms with Gasteiger partial charge < -0.3 is 15.3 Å². The number of hydrogen-bond acceptors (Lipinski definition) is 6. The molecule has 0 aliphatic rings. The summed E-state index contributed by atoms with van der Waals surface area (Å²) in [5.41, 5.74) is -3.75. The molecule has 0 aliphatic heterocycles. The quantitative estimate of drug-likeness (QED) is 0.121. The fourth-order valence-corrected chi connectivity index (χ4v) is 2.29. The number of rotatable bonds is 9. The third-order valence-corrected chi connectivity index (χ3v) is 6.29. The molecule has 0 fully saturated rings. The molecular weight excluding hydrogens is 996 g/mol. The summed E-state index contributed by atoms with van der Waals surface area (Å²) in [5.74, 6) is -49.1. The summed E-state index contributed by atoms with van der Waals surface area (Å²) >= 11 is 0. The van der Waals surface area contributed by atoms with E-state index < -0.39 is 105 Å². The summed E-state index contributed by atoms with van der Waals surface area (Å²) in [6.07, 6.45) is -20.7. The second-order valence-electron chi connectivity index (χ2n) is 14.4. The van der Waals surface area contributed by atoms with Gasteiger partial charge in [0.2, 0.25) is 17.3 Å². The van der Waals surface area contributed by atoms with Crippen LogP contribution in [0.2, 0.25) is 0 Å². The molecule has 0 bridgehead atoms. The first kappa shape index (κ1) is 62.2. The first-order chi connectivity index (χ1) is 24.1. The molecule has 28 heteroatoms. The number of carbonyl (C=O) groups is 3. The zero-order valence-electron chi connectivity index (χ0n) is 30.8. The van der Waals surface area contributed by atoms with E-state index in [4.69, 9.17) is 15.3 Å². The van der Waals surface area contributed by atoms with Gasteiger partial charge >= 0.3 is 54.1 Å². The van der Waals surface area contributed by atoms with Crippen molar-refractivity contribution in [2.24, 2.45) is 16.2 Å². The Labute approximate surface area is 347 Å². The van der Waals surface area contributed by atoms with Gasteiger partial charge in [0.05, 0.1) is 0 Å². The van der Waals surface area contributed by atoms with Crippen molar-refractivity contribution in [3.8, 4) is 0 Å². The molecular formula is C30H33F21O6Pr. The monoisotopic (exact) mass is 1030 g/mol. The summed E-state index contributed by atoms with van der Waals surface area (Å²) in [7, 11) is 0. The summed E-state index contributed by atoms with van der Waals surface area (Å²) in [6, 6.07) is 0. The Hall–Kier alpha value is -2.48. The van der Waals surface area contributed by atoms with Crippen LogP contribution in [0, 0.1) is 57.5 Å². The Balaban J connectivity index is -0.000000374. The van der Waals surface area contributed by atoms with E-state index in [1.165, 1.54) is 62.3 Å². The largest absolute Gasteiger partial charge is 0.512 e. The summed E-state index contributed by atoms with van der Waals surface area (Å²) in [6.45, 7) is 11.2. The first-order valence-corrected chi connectivity index (χ1v) is 14.5. The van der Waals surface area contributed by atoms with E-state index in [1.54, 1.807) is 0 Å². The van der Waals surface area contributed by atoms with Gasteiger partial charge in [-0.25, -0.2) is 0 Å². The standard InChI is InChI=1S/3C10H11F7O2.Pr/c3*1-7(2,3)5(18)4-6(19)8(11,12)9(13,14)10(15,16)17;/h3*4,18H,1-3H3;/b3*5-4-;. The molecule has 3 N–H and O–H groups in total. The van der Waals surface area contributed by atoms with Crippen LogP contribution in [0.3, 0.4) is 0 Å². The van der Waals surface area contributed by atoms with E-state index in [-0.39, 0.29) is 59.5 Å². The molecule has 0 aromatic carbocycles. The Morgan fingerprint density at radius 2 is 0.448 bits per heavy atom. The van der Waals surface area contributed by atoms with Gasteiger partial charge in [0.15, 0.2) is 0 Å². The average Bonchev–Trinajstić information content (AvgIpc) is 2.93. The summed E-state index contributed by atoms with van der Waals surface area (Å²) in [4.78, 5) is 32.5. The van der Waals surface area contributed by atoms with Crippen LogP contribution in [0.25, 0.3) is 0 Å². The fourth-order valence-electron chi connectivity index (χ4n) is 2.29. The van der Waals surface area contributed by atoms with Crippen LogP contribution in [0.1, 0.15) is 62.3 Å². The molecule has 6 nitrogen and oxygen atoms in total. The zero-order chi connectivity index (χ0) is 47.6. The molecule has 0 aliphatic carbocycles. The van der Waals surface area contributed by atoms with E-state index in [0.29, 0.717) is 0 Å². The van der Waals surface area contributed by atoms with Crippen LogP contribution < -0.4 is 0 Å². The number of alkyl halides is 21. The van der Waals surface area contributed by atoms with Crippen molar-refractivity contribution >= 4 is 17.3 Å². The van der Waals surface area contributed by atoms with Crippen molar-refractivity contribution in [1.82, 2.24) is 0 Å². The normalized spacial score (nSPS) is 15.3. The van der Waals surface area contributed by atoms with Crippen molar-refractivity contribution in [2.45, 2.75) is 116 Å². The van der Waals surface area contributed by atoms with Gasteiger partial charge in [0.25, 0.3) is 0 Å². The predicted molar refractivity (Wildman–Crippen MR) is 153 cm³/mol. The molecule has 339 valence electrons.